The standard InChI is InChI=1S/C27H36N2O5/c1-2-3-4-5-6-7-8-9-13-19-26(30)28-25(20-22-15-11-10-12-16-22)27(31)34-24-18-14-17-23(21-24)29(32)33/h10-12,14-18,21,25H,2-9,13,19-20H2,1H3,(H,28,30). The van der Waals surface area contributed by atoms with E-state index < -0.39 is 16.9 Å². The maximum absolute atomic E-state index is 12.9. The number of hydrogen-bond donors (Lipinski definition) is 1. The molecular formula is C27H36N2O5. The molecule has 7 heteroatoms. The van der Waals surface area contributed by atoms with E-state index in [2.05, 4.69) is 12.2 Å². The third-order valence-electron chi connectivity index (χ3n) is 5.66. The smallest absolute Gasteiger partial charge is 0.334 e. The number of nitro groups is 1. The van der Waals surface area contributed by atoms with Crippen molar-refractivity contribution in [3.8, 4) is 5.75 Å². The van der Waals surface area contributed by atoms with Crippen LogP contribution in [0.4, 0.5) is 5.69 Å². The van der Waals surface area contributed by atoms with Crippen molar-refractivity contribution in [2.75, 3.05) is 0 Å². The molecule has 34 heavy (non-hydrogen) atoms. The van der Waals surface area contributed by atoms with Crippen LogP contribution in [-0.2, 0) is 16.0 Å². The minimum atomic E-state index is -0.882. The summed E-state index contributed by atoms with van der Waals surface area (Å²) in [6.07, 6.45) is 11.1. The minimum Gasteiger partial charge on any atom is -0.425 e. The number of nitrogens with one attached hydrogen (secondary N) is 1. The summed E-state index contributed by atoms with van der Waals surface area (Å²) < 4.78 is 5.38. The van der Waals surface area contributed by atoms with Gasteiger partial charge in [-0.05, 0) is 18.1 Å². The highest BCUT2D eigenvalue weighted by Gasteiger charge is 2.24. The number of non-ortho nitro benzene ring substituents is 1. The lowest BCUT2D eigenvalue weighted by Gasteiger charge is -2.18. The first kappa shape index (κ1) is 27.0. The van der Waals surface area contributed by atoms with Gasteiger partial charge in [0.2, 0.25) is 5.91 Å². The number of carbonyl (C=O) groups excluding carboxylic acids is 2. The topological polar surface area (TPSA) is 98.5 Å². The van der Waals surface area contributed by atoms with Crippen LogP contribution < -0.4 is 10.1 Å². The first-order valence-corrected chi connectivity index (χ1v) is 12.3. The number of nitrogens with zero attached hydrogens (tertiary/aromatic N) is 1. The predicted molar refractivity (Wildman–Crippen MR) is 133 cm³/mol. The maximum Gasteiger partial charge on any atom is 0.334 e. The summed E-state index contributed by atoms with van der Waals surface area (Å²) in [7, 11) is 0. The number of nitro benzene ring substituents is 1. The molecule has 0 aromatic heterocycles. The van der Waals surface area contributed by atoms with E-state index in [9.17, 15) is 19.7 Å². The number of rotatable bonds is 16. The fourth-order valence-corrected chi connectivity index (χ4v) is 3.75. The molecule has 0 aliphatic heterocycles. The molecule has 0 aliphatic carbocycles. The second-order valence-electron chi connectivity index (χ2n) is 8.56. The third-order valence-corrected chi connectivity index (χ3v) is 5.66. The molecule has 184 valence electrons. The van der Waals surface area contributed by atoms with Gasteiger partial charge >= 0.3 is 5.97 Å². The lowest BCUT2D eigenvalue weighted by Crippen LogP contribution is -2.44. The van der Waals surface area contributed by atoms with Crippen LogP contribution in [0.1, 0.15) is 76.7 Å². The van der Waals surface area contributed by atoms with Crippen molar-refractivity contribution in [1.82, 2.24) is 5.32 Å². The van der Waals surface area contributed by atoms with E-state index in [1.165, 1.54) is 62.8 Å². The third kappa shape index (κ3) is 10.6. The lowest BCUT2D eigenvalue weighted by molar-refractivity contribution is -0.384. The number of unbranched alkanes of at least 4 members (excludes halogenated alkanes) is 8. The highest BCUT2D eigenvalue weighted by Crippen LogP contribution is 2.20. The van der Waals surface area contributed by atoms with E-state index in [1.54, 1.807) is 0 Å². The van der Waals surface area contributed by atoms with Crippen LogP contribution in [0, 0.1) is 10.1 Å². The SMILES string of the molecule is CCCCCCCCCCCC(=O)NC(Cc1ccccc1)C(=O)Oc1cccc([N+](=O)[O-])c1. The average molecular weight is 469 g/mol. The van der Waals surface area contributed by atoms with Crippen molar-refractivity contribution in [3.05, 3.63) is 70.3 Å². The van der Waals surface area contributed by atoms with E-state index >= 15 is 0 Å². The van der Waals surface area contributed by atoms with Crippen molar-refractivity contribution in [2.45, 2.75) is 83.6 Å². The molecular weight excluding hydrogens is 432 g/mol. The molecule has 0 saturated carbocycles. The van der Waals surface area contributed by atoms with E-state index in [1.807, 2.05) is 30.3 Å². The molecule has 0 bridgehead atoms. The van der Waals surface area contributed by atoms with Crippen LogP contribution in [-0.4, -0.2) is 22.8 Å². The molecule has 2 aromatic rings. The normalized spacial score (nSPS) is 11.6. The number of hydrogen-bond acceptors (Lipinski definition) is 5. The molecule has 1 amide bonds. The Hall–Kier alpha value is -3.22. The molecule has 0 saturated heterocycles. The number of amides is 1. The number of benzene rings is 2. The molecule has 2 aromatic carbocycles. The summed E-state index contributed by atoms with van der Waals surface area (Å²) in [4.78, 5) is 35.8. The van der Waals surface area contributed by atoms with Crippen LogP contribution in [0.3, 0.4) is 0 Å². The second kappa shape index (κ2) is 15.6. The summed E-state index contributed by atoms with van der Waals surface area (Å²) in [5.74, 6) is -0.768. The van der Waals surface area contributed by atoms with Crippen LogP contribution >= 0.6 is 0 Å². The van der Waals surface area contributed by atoms with E-state index in [4.69, 9.17) is 4.74 Å². The molecule has 0 radical (unpaired) electrons. The van der Waals surface area contributed by atoms with Crippen molar-refractivity contribution < 1.29 is 19.2 Å². The molecule has 0 spiro atoms. The number of ether oxygens (including phenoxy) is 1. The average Bonchev–Trinajstić information content (AvgIpc) is 2.83. The Labute approximate surface area is 202 Å². The molecule has 0 heterocycles. The Bertz CT molecular complexity index is 901. The van der Waals surface area contributed by atoms with E-state index in [0.717, 1.165) is 24.8 Å². The number of carbonyl (C=O) groups is 2. The van der Waals surface area contributed by atoms with Crippen LogP contribution in [0.15, 0.2) is 54.6 Å². The Morgan fingerprint density at radius 3 is 2.21 bits per heavy atom. The molecule has 1 atom stereocenters. The van der Waals surface area contributed by atoms with Crippen LogP contribution in [0.5, 0.6) is 5.75 Å². The number of esters is 1. The zero-order chi connectivity index (χ0) is 24.6. The summed E-state index contributed by atoms with van der Waals surface area (Å²) >= 11 is 0. The van der Waals surface area contributed by atoms with E-state index in [0.29, 0.717) is 6.42 Å². The first-order valence-electron chi connectivity index (χ1n) is 12.3. The van der Waals surface area contributed by atoms with Crippen LogP contribution in [0.25, 0.3) is 0 Å². The predicted octanol–water partition coefficient (Wildman–Crippen LogP) is 6.15. The van der Waals surface area contributed by atoms with Gasteiger partial charge < -0.3 is 10.1 Å². The zero-order valence-electron chi connectivity index (χ0n) is 20.0. The van der Waals surface area contributed by atoms with Gasteiger partial charge in [-0.15, -0.1) is 0 Å². The lowest BCUT2D eigenvalue weighted by atomic mass is 10.0. The first-order chi connectivity index (χ1) is 16.5. The summed E-state index contributed by atoms with van der Waals surface area (Å²) in [5.41, 5.74) is 0.714. The minimum absolute atomic E-state index is 0.0745. The Morgan fingerprint density at radius 1 is 0.912 bits per heavy atom. The fourth-order valence-electron chi connectivity index (χ4n) is 3.75. The zero-order valence-corrected chi connectivity index (χ0v) is 20.0. The van der Waals surface area contributed by atoms with Gasteiger partial charge in [-0.1, -0.05) is 94.7 Å². The molecule has 0 fully saturated rings. The van der Waals surface area contributed by atoms with Gasteiger partial charge in [-0.2, -0.15) is 0 Å². The van der Waals surface area contributed by atoms with E-state index in [-0.39, 0.29) is 23.8 Å². The Kier molecular flexibility index (Phi) is 12.4. The van der Waals surface area contributed by atoms with Gasteiger partial charge in [0.25, 0.3) is 5.69 Å². The molecule has 1 unspecified atom stereocenters. The van der Waals surface area contributed by atoms with Gasteiger partial charge in [-0.25, -0.2) is 4.79 Å². The molecule has 1 N–H and O–H groups in total. The van der Waals surface area contributed by atoms with Gasteiger partial charge in [0.15, 0.2) is 0 Å². The summed E-state index contributed by atoms with van der Waals surface area (Å²) in [6, 6.07) is 13.9. The Morgan fingerprint density at radius 2 is 1.56 bits per heavy atom. The maximum atomic E-state index is 12.9. The Balaban J connectivity index is 1.86. The van der Waals surface area contributed by atoms with Gasteiger partial charge in [-0.3, -0.25) is 14.9 Å². The highest BCUT2D eigenvalue weighted by atomic mass is 16.6. The van der Waals surface area contributed by atoms with Gasteiger partial charge in [0.05, 0.1) is 11.0 Å². The van der Waals surface area contributed by atoms with Gasteiger partial charge in [0, 0.05) is 18.9 Å². The highest BCUT2D eigenvalue weighted by molar-refractivity contribution is 5.85. The monoisotopic (exact) mass is 468 g/mol. The second-order valence-corrected chi connectivity index (χ2v) is 8.56. The van der Waals surface area contributed by atoms with Crippen molar-refractivity contribution >= 4 is 17.6 Å². The van der Waals surface area contributed by atoms with Crippen molar-refractivity contribution in [3.63, 3.8) is 0 Å². The fraction of sp³-hybridized carbons (Fsp3) is 0.481. The summed E-state index contributed by atoms with van der Waals surface area (Å²) in [6.45, 7) is 2.21. The van der Waals surface area contributed by atoms with Crippen molar-refractivity contribution in [1.29, 1.82) is 0 Å². The largest absolute Gasteiger partial charge is 0.425 e. The molecule has 7 nitrogen and oxygen atoms in total. The van der Waals surface area contributed by atoms with Crippen LogP contribution in [0.2, 0.25) is 0 Å². The summed E-state index contributed by atoms with van der Waals surface area (Å²) in [5, 5.41) is 13.8. The molecule has 0 aliphatic rings. The van der Waals surface area contributed by atoms with Gasteiger partial charge in [0.1, 0.15) is 11.8 Å². The quantitative estimate of drug-likeness (QED) is 0.105. The van der Waals surface area contributed by atoms with Crippen molar-refractivity contribution in [2.24, 2.45) is 0 Å². The molecule has 2 rings (SSSR count).